The first-order chi connectivity index (χ1) is 15.9. The molecule has 3 aromatic carbocycles. The summed E-state index contributed by atoms with van der Waals surface area (Å²) in [6.45, 7) is 3.82. The van der Waals surface area contributed by atoms with Crippen molar-refractivity contribution in [2.24, 2.45) is 0 Å². The summed E-state index contributed by atoms with van der Waals surface area (Å²) in [5.74, 6) is -0.276. The van der Waals surface area contributed by atoms with Crippen molar-refractivity contribution < 1.29 is 9.59 Å². The Labute approximate surface area is 197 Å². The van der Waals surface area contributed by atoms with Crippen LogP contribution in [0.1, 0.15) is 21.5 Å². The normalized spacial score (nSPS) is 10.6. The topological polar surface area (TPSA) is 76.0 Å². The molecule has 7 heteroatoms. The molecule has 0 spiro atoms. The molecule has 0 aliphatic carbocycles. The maximum Gasteiger partial charge on any atom is 0.253 e. The summed E-state index contributed by atoms with van der Waals surface area (Å²) < 4.78 is 1.71. The number of hydrogen-bond donors (Lipinski definition) is 2. The summed E-state index contributed by atoms with van der Waals surface area (Å²) >= 11 is 6.07. The van der Waals surface area contributed by atoms with E-state index in [1.165, 1.54) is 0 Å². The monoisotopic (exact) mass is 458 g/mol. The molecule has 0 saturated carbocycles. The number of hydrogen-bond acceptors (Lipinski definition) is 3. The van der Waals surface area contributed by atoms with Gasteiger partial charge in [-0.1, -0.05) is 71.8 Å². The Kier molecular flexibility index (Phi) is 6.56. The van der Waals surface area contributed by atoms with Crippen LogP contribution in [-0.4, -0.2) is 28.1 Å². The standard InChI is InChI=1S/C26H23ClN4O2/c1-17-12-13-23(18(2)14-17)31-24(15-22(30-31)19-8-4-3-5-9-19)29-25(32)16-28-26(33)20-10-6-7-11-21(20)27/h3-15H,16H2,1-2H3,(H,28,33)(H,29,32). The Morgan fingerprint density at radius 3 is 2.39 bits per heavy atom. The highest BCUT2D eigenvalue weighted by atomic mass is 35.5. The van der Waals surface area contributed by atoms with Crippen molar-refractivity contribution >= 4 is 29.2 Å². The fourth-order valence-electron chi connectivity index (χ4n) is 3.53. The van der Waals surface area contributed by atoms with Crippen LogP contribution < -0.4 is 10.6 Å². The second-order valence-electron chi connectivity index (χ2n) is 7.69. The van der Waals surface area contributed by atoms with Gasteiger partial charge in [0.15, 0.2) is 0 Å². The number of nitrogens with one attached hydrogen (secondary N) is 2. The maximum absolute atomic E-state index is 12.7. The van der Waals surface area contributed by atoms with E-state index in [0.29, 0.717) is 16.4 Å². The van der Waals surface area contributed by atoms with Crippen molar-refractivity contribution in [3.63, 3.8) is 0 Å². The second kappa shape index (κ2) is 9.71. The highest BCUT2D eigenvalue weighted by Gasteiger charge is 2.16. The molecule has 33 heavy (non-hydrogen) atoms. The van der Waals surface area contributed by atoms with Crippen molar-refractivity contribution in [1.29, 1.82) is 0 Å². The van der Waals surface area contributed by atoms with Gasteiger partial charge in [-0.2, -0.15) is 5.10 Å². The smallest absolute Gasteiger partial charge is 0.253 e. The SMILES string of the molecule is Cc1ccc(-n2nc(-c3ccccc3)cc2NC(=O)CNC(=O)c2ccccc2Cl)c(C)c1. The van der Waals surface area contributed by atoms with Gasteiger partial charge in [0.25, 0.3) is 5.91 Å². The molecular formula is C26H23ClN4O2. The number of rotatable bonds is 6. The molecule has 0 saturated heterocycles. The van der Waals surface area contributed by atoms with Crippen LogP contribution in [0.15, 0.2) is 78.9 Å². The van der Waals surface area contributed by atoms with Gasteiger partial charge >= 0.3 is 0 Å². The van der Waals surface area contributed by atoms with Gasteiger partial charge < -0.3 is 10.6 Å². The van der Waals surface area contributed by atoms with Crippen LogP contribution in [0.5, 0.6) is 0 Å². The molecule has 0 atom stereocenters. The Morgan fingerprint density at radius 2 is 1.67 bits per heavy atom. The number of nitrogens with zero attached hydrogens (tertiary/aromatic N) is 2. The molecule has 2 amide bonds. The van der Waals surface area contributed by atoms with Crippen LogP contribution in [0, 0.1) is 13.8 Å². The number of carbonyl (C=O) groups excluding carboxylic acids is 2. The number of aryl methyl sites for hydroxylation is 2. The minimum absolute atomic E-state index is 0.206. The van der Waals surface area contributed by atoms with E-state index in [2.05, 4.69) is 16.7 Å². The van der Waals surface area contributed by atoms with E-state index >= 15 is 0 Å². The third-order valence-electron chi connectivity index (χ3n) is 5.15. The number of carbonyl (C=O) groups is 2. The van der Waals surface area contributed by atoms with E-state index < -0.39 is 5.91 Å². The highest BCUT2D eigenvalue weighted by molar-refractivity contribution is 6.33. The number of amides is 2. The van der Waals surface area contributed by atoms with Gasteiger partial charge in [0.05, 0.1) is 28.5 Å². The third-order valence-corrected chi connectivity index (χ3v) is 5.48. The van der Waals surface area contributed by atoms with Crippen LogP contribution in [0.2, 0.25) is 5.02 Å². The molecule has 6 nitrogen and oxygen atoms in total. The predicted molar refractivity (Wildman–Crippen MR) is 131 cm³/mol. The predicted octanol–water partition coefficient (Wildman–Crippen LogP) is 5.18. The minimum Gasteiger partial charge on any atom is -0.343 e. The van der Waals surface area contributed by atoms with Crippen molar-refractivity contribution in [3.05, 3.63) is 101 Å². The summed E-state index contributed by atoms with van der Waals surface area (Å²) in [7, 11) is 0. The number of anilines is 1. The molecule has 0 bridgehead atoms. The molecule has 0 fully saturated rings. The molecule has 2 N–H and O–H groups in total. The lowest BCUT2D eigenvalue weighted by Crippen LogP contribution is -2.33. The molecule has 4 aromatic rings. The minimum atomic E-state index is -0.413. The van der Waals surface area contributed by atoms with E-state index in [1.54, 1.807) is 28.9 Å². The van der Waals surface area contributed by atoms with Crippen molar-refractivity contribution in [3.8, 4) is 16.9 Å². The lowest BCUT2D eigenvalue weighted by Gasteiger charge is -2.12. The largest absolute Gasteiger partial charge is 0.343 e. The zero-order valence-electron chi connectivity index (χ0n) is 18.3. The van der Waals surface area contributed by atoms with Crippen LogP contribution in [-0.2, 0) is 4.79 Å². The molecule has 0 aliphatic heterocycles. The quantitative estimate of drug-likeness (QED) is 0.418. The lowest BCUT2D eigenvalue weighted by atomic mass is 10.1. The zero-order chi connectivity index (χ0) is 23.4. The van der Waals surface area contributed by atoms with Crippen molar-refractivity contribution in [2.45, 2.75) is 13.8 Å². The summed E-state index contributed by atoms with van der Waals surface area (Å²) in [5.41, 5.74) is 5.01. The van der Waals surface area contributed by atoms with Gasteiger partial charge in [0.2, 0.25) is 5.91 Å². The van der Waals surface area contributed by atoms with Crippen molar-refractivity contribution in [1.82, 2.24) is 15.1 Å². The van der Waals surface area contributed by atoms with Gasteiger partial charge in [-0.3, -0.25) is 9.59 Å². The molecular weight excluding hydrogens is 436 g/mol. The molecule has 1 heterocycles. The zero-order valence-corrected chi connectivity index (χ0v) is 19.1. The number of aromatic nitrogens is 2. The van der Waals surface area contributed by atoms with Gasteiger partial charge in [-0.25, -0.2) is 4.68 Å². The van der Waals surface area contributed by atoms with Gasteiger partial charge in [0.1, 0.15) is 5.82 Å². The lowest BCUT2D eigenvalue weighted by molar-refractivity contribution is -0.115. The van der Waals surface area contributed by atoms with Crippen LogP contribution in [0.25, 0.3) is 16.9 Å². The molecule has 166 valence electrons. The van der Waals surface area contributed by atoms with Gasteiger partial charge in [0, 0.05) is 11.6 Å². The Hall–Kier alpha value is -3.90. The highest BCUT2D eigenvalue weighted by Crippen LogP contribution is 2.26. The van der Waals surface area contributed by atoms with Crippen LogP contribution in [0.3, 0.4) is 0 Å². The first-order valence-corrected chi connectivity index (χ1v) is 10.9. The summed E-state index contributed by atoms with van der Waals surface area (Å²) in [5, 5.41) is 10.6. The third kappa shape index (κ3) is 5.13. The fourth-order valence-corrected chi connectivity index (χ4v) is 3.76. The Morgan fingerprint density at radius 1 is 0.939 bits per heavy atom. The van der Waals surface area contributed by atoms with Crippen LogP contribution >= 0.6 is 11.6 Å². The summed E-state index contributed by atoms with van der Waals surface area (Å²) in [6, 6.07) is 24.3. The molecule has 0 unspecified atom stereocenters. The van der Waals surface area contributed by atoms with Gasteiger partial charge in [-0.15, -0.1) is 0 Å². The Balaban J connectivity index is 1.58. The first-order valence-electron chi connectivity index (χ1n) is 10.5. The molecule has 4 rings (SSSR count). The number of halogens is 1. The van der Waals surface area contributed by atoms with Crippen LogP contribution in [0.4, 0.5) is 5.82 Å². The number of benzene rings is 3. The average molecular weight is 459 g/mol. The van der Waals surface area contributed by atoms with E-state index in [-0.39, 0.29) is 12.5 Å². The van der Waals surface area contributed by atoms with Crippen molar-refractivity contribution in [2.75, 3.05) is 11.9 Å². The summed E-state index contributed by atoms with van der Waals surface area (Å²) in [6.07, 6.45) is 0. The van der Waals surface area contributed by atoms with E-state index in [0.717, 1.165) is 28.1 Å². The molecule has 1 aromatic heterocycles. The van der Waals surface area contributed by atoms with E-state index in [9.17, 15) is 9.59 Å². The van der Waals surface area contributed by atoms with Gasteiger partial charge in [-0.05, 0) is 37.6 Å². The van der Waals surface area contributed by atoms with E-state index in [1.807, 2.05) is 62.4 Å². The fraction of sp³-hybridized carbons (Fsp3) is 0.115. The average Bonchev–Trinajstić information content (AvgIpc) is 3.21. The Bertz CT molecular complexity index is 1320. The molecule has 0 radical (unpaired) electrons. The second-order valence-corrected chi connectivity index (χ2v) is 8.10. The maximum atomic E-state index is 12.7. The first kappa shape index (κ1) is 22.3. The van der Waals surface area contributed by atoms with E-state index in [4.69, 9.17) is 16.7 Å². The molecule has 0 aliphatic rings. The summed E-state index contributed by atoms with van der Waals surface area (Å²) in [4.78, 5) is 25.1.